The third-order valence-electron chi connectivity index (χ3n) is 11.1. The van der Waals surface area contributed by atoms with Crippen molar-refractivity contribution in [1.82, 2.24) is 0 Å². The molecular weight excluding hydrogens is 665 g/mol. The maximum Gasteiger partial charge on any atom is 0.312 e. The highest BCUT2D eigenvalue weighted by atomic mass is 16.6. The topological polar surface area (TPSA) is 52.6 Å². The Morgan fingerprint density at radius 1 is 0.556 bits per heavy atom. The lowest BCUT2D eigenvalue weighted by Crippen LogP contribution is -2.28. The number of hydrogen-bond donors (Lipinski definition) is 0. The Morgan fingerprint density at radius 2 is 1.02 bits per heavy atom. The average molecular weight is 729 g/mol. The van der Waals surface area contributed by atoms with Crippen LogP contribution in [0, 0.1) is 17.8 Å². The number of carbonyl (C=O) groups excluding carboxylic acids is 2. The molecule has 4 aromatic carbocycles. The first-order chi connectivity index (χ1) is 25.7. The summed E-state index contributed by atoms with van der Waals surface area (Å²) in [5.74, 6) is -0.576. The summed E-state index contributed by atoms with van der Waals surface area (Å²) in [7, 11) is 0. The van der Waals surface area contributed by atoms with E-state index in [4.69, 9.17) is 9.47 Å². The Bertz CT molecular complexity index is 1860. The van der Waals surface area contributed by atoms with Crippen LogP contribution in [0.2, 0.25) is 0 Å². The number of hydrogen-bond acceptors (Lipinski definition) is 4. The molecule has 0 bridgehead atoms. The zero-order chi connectivity index (χ0) is 39.1. The van der Waals surface area contributed by atoms with Gasteiger partial charge in [0.2, 0.25) is 0 Å². The van der Waals surface area contributed by atoms with Crippen molar-refractivity contribution in [2.45, 2.75) is 144 Å². The van der Waals surface area contributed by atoms with E-state index < -0.39 is 23.0 Å². The van der Waals surface area contributed by atoms with Gasteiger partial charge in [-0.25, -0.2) is 0 Å². The number of benzene rings is 4. The summed E-state index contributed by atoms with van der Waals surface area (Å²) in [4.78, 5) is 27.6. The van der Waals surface area contributed by atoms with E-state index in [-0.39, 0.29) is 17.4 Å². The number of fused-ring (bicyclic) bond motifs is 3. The van der Waals surface area contributed by atoms with Crippen LogP contribution in [0.5, 0.6) is 0 Å². The minimum absolute atomic E-state index is 0.117. The number of ether oxygens (including phenoxy) is 2. The van der Waals surface area contributed by atoms with Crippen LogP contribution < -0.4 is 0 Å². The standard InChI is InChI=1S/C50H64O4/c1-10-12-14-20-32-50(33-21-15-13-11-2)42-25-19-18-22-38(42)39-31-30-37(34-43(39)50)45(54-47(52)49(7,8)9)41-24-17-16-23-40(41)44(53-46(51)48(4,5)6)36-28-26-35(3)27-29-36/h16-19,22-31,34,44-45H,10-15,20-21,32-33H2,1-9H3. The largest absolute Gasteiger partial charge is 0.452 e. The van der Waals surface area contributed by atoms with Crippen LogP contribution in [0.15, 0.2) is 91.0 Å². The number of rotatable bonds is 16. The fraction of sp³-hybridized carbons (Fsp3) is 0.480. The van der Waals surface area contributed by atoms with E-state index in [1.165, 1.54) is 73.6 Å². The Kier molecular flexibility index (Phi) is 13.3. The quantitative estimate of drug-likeness (QED) is 0.0851. The SMILES string of the molecule is CCCCCCC1(CCCCCC)c2ccccc2-c2ccc(C(OC(=O)C(C)(C)C)c3ccccc3C(OC(=O)C(C)(C)C)c3ccc(C)cc3)cc21. The van der Waals surface area contributed by atoms with Crippen LogP contribution in [0.4, 0.5) is 0 Å². The molecular formula is C50H64O4. The molecule has 1 aliphatic carbocycles. The maximum atomic E-state index is 14.0. The Hall–Kier alpha value is -4.18. The maximum absolute atomic E-state index is 14.0. The van der Waals surface area contributed by atoms with Crippen LogP contribution in [0.1, 0.15) is 171 Å². The van der Waals surface area contributed by atoms with Crippen LogP contribution in [0.3, 0.4) is 0 Å². The first kappa shape index (κ1) is 41.0. The zero-order valence-electron chi connectivity index (χ0n) is 34.5. The van der Waals surface area contributed by atoms with Crippen molar-refractivity contribution in [3.05, 3.63) is 130 Å². The predicted octanol–water partition coefficient (Wildman–Crippen LogP) is 13.6. The van der Waals surface area contributed by atoms with E-state index in [0.717, 1.165) is 40.7 Å². The molecule has 0 aliphatic heterocycles. The molecule has 4 heteroatoms. The van der Waals surface area contributed by atoms with Gasteiger partial charge in [-0.3, -0.25) is 9.59 Å². The first-order valence-corrected chi connectivity index (χ1v) is 20.5. The summed E-state index contributed by atoms with van der Waals surface area (Å²) < 4.78 is 13.1. The van der Waals surface area contributed by atoms with Crippen molar-refractivity contribution in [2.75, 3.05) is 0 Å². The van der Waals surface area contributed by atoms with Crippen LogP contribution in [-0.2, 0) is 24.5 Å². The molecule has 0 aromatic heterocycles. The van der Waals surface area contributed by atoms with Gasteiger partial charge in [-0.2, -0.15) is 0 Å². The smallest absolute Gasteiger partial charge is 0.312 e. The van der Waals surface area contributed by atoms with Gasteiger partial charge in [-0.15, -0.1) is 0 Å². The van der Waals surface area contributed by atoms with Gasteiger partial charge in [0.15, 0.2) is 12.2 Å². The van der Waals surface area contributed by atoms with Crippen molar-refractivity contribution >= 4 is 11.9 Å². The van der Waals surface area contributed by atoms with Gasteiger partial charge < -0.3 is 9.47 Å². The third-order valence-corrected chi connectivity index (χ3v) is 11.1. The fourth-order valence-corrected chi connectivity index (χ4v) is 7.93. The molecule has 0 amide bonds. The Balaban J connectivity index is 1.71. The summed E-state index contributed by atoms with van der Waals surface area (Å²) in [5.41, 5.74) is 8.38. The lowest BCUT2D eigenvalue weighted by atomic mass is 9.70. The third kappa shape index (κ3) is 9.19. The van der Waals surface area contributed by atoms with E-state index in [0.29, 0.717) is 0 Å². The van der Waals surface area contributed by atoms with Crippen LogP contribution in [-0.4, -0.2) is 11.9 Å². The highest BCUT2D eigenvalue weighted by molar-refractivity contribution is 5.82. The van der Waals surface area contributed by atoms with Crippen molar-refractivity contribution in [1.29, 1.82) is 0 Å². The molecule has 0 N–H and O–H groups in total. The molecule has 0 heterocycles. The van der Waals surface area contributed by atoms with Crippen LogP contribution in [0.25, 0.3) is 11.1 Å². The number of carbonyl (C=O) groups is 2. The van der Waals surface area contributed by atoms with Gasteiger partial charge in [-0.1, -0.05) is 162 Å². The molecule has 1 aliphatic rings. The normalized spacial score (nSPS) is 14.5. The van der Waals surface area contributed by atoms with Gasteiger partial charge in [0, 0.05) is 16.5 Å². The van der Waals surface area contributed by atoms with Crippen molar-refractivity contribution in [3.8, 4) is 11.1 Å². The molecule has 0 saturated carbocycles. The van der Waals surface area contributed by atoms with Crippen LogP contribution >= 0.6 is 0 Å². The van der Waals surface area contributed by atoms with E-state index in [9.17, 15) is 9.59 Å². The first-order valence-electron chi connectivity index (χ1n) is 20.5. The van der Waals surface area contributed by atoms with E-state index in [1.54, 1.807) is 0 Å². The second-order valence-electron chi connectivity index (χ2n) is 17.7. The van der Waals surface area contributed by atoms with E-state index in [2.05, 4.69) is 63.2 Å². The lowest BCUT2D eigenvalue weighted by Gasteiger charge is -2.34. The molecule has 0 radical (unpaired) electrons. The molecule has 2 atom stereocenters. The van der Waals surface area contributed by atoms with Gasteiger partial charge in [-0.05, 0) is 94.7 Å². The minimum Gasteiger partial charge on any atom is -0.452 e. The minimum atomic E-state index is -0.725. The van der Waals surface area contributed by atoms with Crippen molar-refractivity contribution in [2.24, 2.45) is 10.8 Å². The van der Waals surface area contributed by atoms with E-state index in [1.807, 2.05) is 90.1 Å². The fourth-order valence-electron chi connectivity index (χ4n) is 7.93. The number of esters is 2. The average Bonchev–Trinajstić information content (AvgIpc) is 3.41. The summed E-state index contributed by atoms with van der Waals surface area (Å²) in [6, 6.07) is 32.0. The number of aryl methyl sites for hydroxylation is 1. The molecule has 0 saturated heterocycles. The summed E-state index contributed by atoms with van der Waals surface area (Å²) in [5, 5.41) is 0. The van der Waals surface area contributed by atoms with Crippen molar-refractivity contribution in [3.63, 3.8) is 0 Å². The highest BCUT2D eigenvalue weighted by Crippen LogP contribution is 2.55. The summed E-state index contributed by atoms with van der Waals surface area (Å²) in [6.07, 6.45) is 10.4. The monoisotopic (exact) mass is 728 g/mol. The molecule has 5 rings (SSSR count). The molecule has 54 heavy (non-hydrogen) atoms. The molecule has 0 fully saturated rings. The molecule has 0 spiro atoms. The summed E-state index contributed by atoms with van der Waals surface area (Å²) >= 11 is 0. The molecule has 4 nitrogen and oxygen atoms in total. The molecule has 4 aromatic rings. The predicted molar refractivity (Wildman–Crippen MR) is 223 cm³/mol. The zero-order valence-corrected chi connectivity index (χ0v) is 34.5. The second-order valence-corrected chi connectivity index (χ2v) is 17.7. The van der Waals surface area contributed by atoms with Crippen molar-refractivity contribution < 1.29 is 19.1 Å². The lowest BCUT2D eigenvalue weighted by molar-refractivity contribution is -0.159. The van der Waals surface area contributed by atoms with Gasteiger partial charge in [0.25, 0.3) is 0 Å². The van der Waals surface area contributed by atoms with E-state index >= 15 is 0 Å². The molecule has 288 valence electrons. The van der Waals surface area contributed by atoms with Gasteiger partial charge >= 0.3 is 11.9 Å². The molecule has 2 unspecified atom stereocenters. The Morgan fingerprint density at radius 3 is 1.54 bits per heavy atom. The Labute approximate surface area is 326 Å². The highest BCUT2D eigenvalue weighted by Gasteiger charge is 2.43. The second kappa shape index (κ2) is 17.5. The van der Waals surface area contributed by atoms with Gasteiger partial charge in [0.1, 0.15) is 0 Å². The number of unbranched alkanes of at least 4 members (excludes halogenated alkanes) is 6. The van der Waals surface area contributed by atoms with Gasteiger partial charge in [0.05, 0.1) is 10.8 Å². The summed E-state index contributed by atoms with van der Waals surface area (Å²) in [6.45, 7) is 17.9.